The highest BCUT2D eigenvalue weighted by Crippen LogP contribution is 2.28. The number of carbonyl (C=O) groups excluding carboxylic acids is 1. The zero-order valence-electron chi connectivity index (χ0n) is 14.8. The summed E-state index contributed by atoms with van der Waals surface area (Å²) in [6.07, 6.45) is 3.55. The second kappa shape index (κ2) is 6.75. The fourth-order valence-corrected chi connectivity index (χ4v) is 3.27. The largest absolute Gasteiger partial charge is 0.334 e. The number of amides is 1. The molecule has 1 saturated carbocycles. The molecule has 1 aliphatic rings. The van der Waals surface area contributed by atoms with Crippen LogP contribution in [0.5, 0.6) is 0 Å². The van der Waals surface area contributed by atoms with Crippen LogP contribution in [0.25, 0.3) is 10.9 Å². The SMILES string of the molecule is Cc1cccc2c(=O)n(CC(=O)N(Cc3ccccc3)C3CC3)cnc12. The Morgan fingerprint density at radius 3 is 2.65 bits per heavy atom. The maximum Gasteiger partial charge on any atom is 0.261 e. The van der Waals surface area contributed by atoms with Crippen molar-refractivity contribution in [1.29, 1.82) is 0 Å². The van der Waals surface area contributed by atoms with Gasteiger partial charge in [-0.25, -0.2) is 4.98 Å². The molecule has 1 fully saturated rings. The Morgan fingerprint density at radius 1 is 1.15 bits per heavy atom. The minimum atomic E-state index is -0.164. The Hall–Kier alpha value is -2.95. The Morgan fingerprint density at radius 2 is 1.92 bits per heavy atom. The summed E-state index contributed by atoms with van der Waals surface area (Å²) in [6.45, 7) is 2.54. The summed E-state index contributed by atoms with van der Waals surface area (Å²) in [4.78, 5) is 31.9. The first kappa shape index (κ1) is 16.5. The average molecular weight is 347 g/mol. The fourth-order valence-electron chi connectivity index (χ4n) is 3.27. The molecule has 0 radical (unpaired) electrons. The molecule has 1 aliphatic carbocycles. The van der Waals surface area contributed by atoms with Gasteiger partial charge in [0.05, 0.1) is 17.2 Å². The minimum absolute atomic E-state index is 0.0268. The molecule has 0 atom stereocenters. The van der Waals surface area contributed by atoms with Crippen LogP contribution >= 0.6 is 0 Å². The molecule has 1 heterocycles. The van der Waals surface area contributed by atoms with Crippen molar-refractivity contribution in [1.82, 2.24) is 14.5 Å². The van der Waals surface area contributed by atoms with E-state index in [0.29, 0.717) is 17.4 Å². The second-order valence-corrected chi connectivity index (χ2v) is 6.89. The number of hydrogen-bond donors (Lipinski definition) is 0. The quantitative estimate of drug-likeness (QED) is 0.713. The van der Waals surface area contributed by atoms with E-state index in [2.05, 4.69) is 4.98 Å². The van der Waals surface area contributed by atoms with Gasteiger partial charge >= 0.3 is 0 Å². The van der Waals surface area contributed by atoms with Gasteiger partial charge in [0.1, 0.15) is 6.54 Å². The van der Waals surface area contributed by atoms with Crippen molar-refractivity contribution in [3.05, 3.63) is 76.3 Å². The molecule has 5 heteroatoms. The van der Waals surface area contributed by atoms with Gasteiger partial charge in [-0.3, -0.25) is 14.2 Å². The molecule has 0 unspecified atom stereocenters. The lowest BCUT2D eigenvalue weighted by Gasteiger charge is -2.23. The molecule has 0 N–H and O–H groups in total. The number of hydrogen-bond acceptors (Lipinski definition) is 3. The molecule has 26 heavy (non-hydrogen) atoms. The van der Waals surface area contributed by atoms with E-state index >= 15 is 0 Å². The molecule has 1 aromatic heterocycles. The summed E-state index contributed by atoms with van der Waals surface area (Å²) in [5.74, 6) is -0.0349. The molecule has 1 amide bonds. The van der Waals surface area contributed by atoms with Gasteiger partial charge in [-0.05, 0) is 37.0 Å². The van der Waals surface area contributed by atoms with Crippen LogP contribution in [0.15, 0.2) is 59.7 Å². The molecule has 132 valence electrons. The molecule has 0 saturated heterocycles. The van der Waals surface area contributed by atoms with Gasteiger partial charge in [0.25, 0.3) is 5.56 Å². The zero-order valence-corrected chi connectivity index (χ0v) is 14.8. The van der Waals surface area contributed by atoms with Gasteiger partial charge in [0, 0.05) is 12.6 Å². The first-order chi connectivity index (χ1) is 12.6. The number of fused-ring (bicyclic) bond motifs is 1. The summed E-state index contributed by atoms with van der Waals surface area (Å²) < 4.78 is 1.42. The number of carbonyl (C=O) groups is 1. The Balaban J connectivity index is 1.59. The van der Waals surface area contributed by atoms with Crippen LogP contribution in [0.3, 0.4) is 0 Å². The number of nitrogens with zero attached hydrogens (tertiary/aromatic N) is 3. The Bertz CT molecular complexity index is 1010. The summed E-state index contributed by atoms with van der Waals surface area (Å²) in [5, 5.41) is 0.557. The van der Waals surface area contributed by atoms with Crippen molar-refractivity contribution in [3.8, 4) is 0 Å². The third-order valence-electron chi connectivity index (χ3n) is 4.86. The van der Waals surface area contributed by atoms with Gasteiger partial charge in [-0.2, -0.15) is 0 Å². The molecule has 0 spiro atoms. The summed E-state index contributed by atoms with van der Waals surface area (Å²) in [7, 11) is 0. The van der Waals surface area contributed by atoms with E-state index in [-0.39, 0.29) is 24.1 Å². The van der Waals surface area contributed by atoms with Crippen LogP contribution < -0.4 is 5.56 Å². The minimum Gasteiger partial charge on any atom is -0.334 e. The monoisotopic (exact) mass is 347 g/mol. The highest BCUT2D eigenvalue weighted by atomic mass is 16.2. The third-order valence-corrected chi connectivity index (χ3v) is 4.86. The molecule has 5 nitrogen and oxygen atoms in total. The van der Waals surface area contributed by atoms with Crippen molar-refractivity contribution in [2.45, 2.75) is 38.9 Å². The van der Waals surface area contributed by atoms with E-state index in [1.165, 1.54) is 10.9 Å². The van der Waals surface area contributed by atoms with E-state index in [4.69, 9.17) is 0 Å². The zero-order chi connectivity index (χ0) is 18.1. The van der Waals surface area contributed by atoms with Crippen LogP contribution in [-0.2, 0) is 17.9 Å². The van der Waals surface area contributed by atoms with Crippen molar-refractivity contribution in [2.75, 3.05) is 0 Å². The predicted molar refractivity (Wildman–Crippen MR) is 101 cm³/mol. The first-order valence-electron chi connectivity index (χ1n) is 8.91. The Labute approximate surface area is 151 Å². The number of aryl methyl sites for hydroxylation is 1. The van der Waals surface area contributed by atoms with E-state index in [9.17, 15) is 9.59 Å². The summed E-state index contributed by atoms with van der Waals surface area (Å²) >= 11 is 0. The lowest BCUT2D eigenvalue weighted by molar-refractivity contribution is -0.133. The average Bonchev–Trinajstić information content (AvgIpc) is 3.48. The Kier molecular flexibility index (Phi) is 4.29. The maximum atomic E-state index is 12.9. The van der Waals surface area contributed by atoms with Crippen molar-refractivity contribution < 1.29 is 4.79 Å². The smallest absolute Gasteiger partial charge is 0.261 e. The highest BCUT2D eigenvalue weighted by Gasteiger charge is 2.32. The van der Waals surface area contributed by atoms with Gasteiger partial charge in [-0.15, -0.1) is 0 Å². The summed E-state index contributed by atoms with van der Waals surface area (Å²) in [6, 6.07) is 15.8. The normalized spacial score (nSPS) is 13.7. The van der Waals surface area contributed by atoms with Crippen LogP contribution in [0.1, 0.15) is 24.0 Å². The third kappa shape index (κ3) is 3.25. The van der Waals surface area contributed by atoms with Crippen molar-refractivity contribution in [3.63, 3.8) is 0 Å². The number of benzene rings is 2. The molecule has 4 rings (SSSR count). The fraction of sp³-hybridized carbons (Fsp3) is 0.286. The first-order valence-corrected chi connectivity index (χ1v) is 8.91. The molecule has 3 aromatic rings. The van der Waals surface area contributed by atoms with Crippen LogP contribution in [0.2, 0.25) is 0 Å². The van der Waals surface area contributed by atoms with E-state index in [1.807, 2.05) is 54.3 Å². The van der Waals surface area contributed by atoms with Crippen LogP contribution in [0, 0.1) is 6.92 Å². The molecule has 0 bridgehead atoms. The van der Waals surface area contributed by atoms with Crippen molar-refractivity contribution in [2.24, 2.45) is 0 Å². The lowest BCUT2D eigenvalue weighted by atomic mass is 10.1. The van der Waals surface area contributed by atoms with E-state index in [0.717, 1.165) is 24.0 Å². The summed E-state index contributed by atoms with van der Waals surface area (Å²) in [5.41, 5.74) is 2.60. The van der Waals surface area contributed by atoms with Gasteiger partial charge < -0.3 is 4.90 Å². The molecular formula is C21H21N3O2. The van der Waals surface area contributed by atoms with Gasteiger partial charge in [-0.1, -0.05) is 42.5 Å². The maximum absolute atomic E-state index is 12.9. The van der Waals surface area contributed by atoms with Gasteiger partial charge in [0.15, 0.2) is 0 Å². The molecular weight excluding hydrogens is 326 g/mol. The lowest BCUT2D eigenvalue weighted by Crippen LogP contribution is -2.37. The number of para-hydroxylation sites is 1. The van der Waals surface area contributed by atoms with Crippen LogP contribution in [0.4, 0.5) is 0 Å². The standard InChI is InChI=1S/C21H21N3O2/c1-15-6-5-9-18-20(15)22-14-23(21(18)26)13-19(25)24(17-10-11-17)12-16-7-3-2-4-8-16/h2-9,14,17H,10-13H2,1H3. The highest BCUT2D eigenvalue weighted by molar-refractivity contribution is 5.81. The molecule has 2 aromatic carbocycles. The topological polar surface area (TPSA) is 55.2 Å². The van der Waals surface area contributed by atoms with Crippen LogP contribution in [-0.4, -0.2) is 26.4 Å². The predicted octanol–water partition coefficient (Wildman–Crippen LogP) is 2.90. The van der Waals surface area contributed by atoms with Crippen molar-refractivity contribution >= 4 is 16.8 Å². The second-order valence-electron chi connectivity index (χ2n) is 6.89. The van der Waals surface area contributed by atoms with Gasteiger partial charge in [0.2, 0.25) is 5.91 Å². The van der Waals surface area contributed by atoms with E-state index in [1.54, 1.807) is 6.07 Å². The number of aromatic nitrogens is 2. The van der Waals surface area contributed by atoms with E-state index < -0.39 is 0 Å². The number of rotatable bonds is 5. The molecule has 0 aliphatic heterocycles.